The van der Waals surface area contributed by atoms with E-state index in [2.05, 4.69) is 5.32 Å². The molecule has 2 rings (SSSR count). The van der Waals surface area contributed by atoms with Gasteiger partial charge >= 0.3 is 0 Å². The average Bonchev–Trinajstić information content (AvgIpc) is 2.54. The van der Waals surface area contributed by atoms with Gasteiger partial charge in [-0.2, -0.15) is 0 Å². The molecule has 0 aromatic heterocycles. The molecule has 6 nitrogen and oxygen atoms in total. The maximum absolute atomic E-state index is 12.6. The van der Waals surface area contributed by atoms with E-state index in [-0.39, 0.29) is 10.8 Å². The number of likely N-dealkylation sites (tertiary alicyclic amines) is 1. The van der Waals surface area contributed by atoms with Gasteiger partial charge in [0.05, 0.1) is 4.90 Å². The first-order chi connectivity index (χ1) is 10.4. The molecule has 1 heterocycles. The maximum atomic E-state index is 12.6. The second-order valence-corrected chi connectivity index (χ2v) is 7.85. The molecule has 1 aromatic carbocycles. The number of hydrogen-bond donors (Lipinski definition) is 1. The van der Waals surface area contributed by atoms with Crippen LogP contribution in [0.25, 0.3) is 0 Å². The number of hydrogen-bond acceptors (Lipinski definition) is 4. The normalized spacial score (nSPS) is 19.5. The van der Waals surface area contributed by atoms with Gasteiger partial charge in [-0.05, 0) is 38.1 Å². The van der Waals surface area contributed by atoms with E-state index in [4.69, 9.17) is 0 Å². The van der Waals surface area contributed by atoms with E-state index in [9.17, 15) is 13.2 Å². The SMILES string of the molecule is CNC1CCCN(C(=O)c2cccc(S(=O)(=O)N(C)C)c2)C1. The van der Waals surface area contributed by atoms with Crippen molar-refractivity contribution in [2.45, 2.75) is 23.8 Å². The number of likely N-dealkylation sites (N-methyl/N-ethyl adjacent to an activating group) is 1. The third-order valence-corrected chi connectivity index (χ3v) is 5.79. The molecule has 1 aromatic rings. The van der Waals surface area contributed by atoms with Gasteiger partial charge < -0.3 is 10.2 Å². The molecule has 0 saturated carbocycles. The minimum Gasteiger partial charge on any atom is -0.337 e. The molecule has 1 N–H and O–H groups in total. The fraction of sp³-hybridized carbons (Fsp3) is 0.533. The highest BCUT2D eigenvalue weighted by atomic mass is 32.2. The van der Waals surface area contributed by atoms with E-state index in [0.29, 0.717) is 24.7 Å². The molecule has 0 spiro atoms. The van der Waals surface area contributed by atoms with Gasteiger partial charge in [-0.1, -0.05) is 6.07 Å². The maximum Gasteiger partial charge on any atom is 0.253 e. The summed E-state index contributed by atoms with van der Waals surface area (Å²) in [6, 6.07) is 6.55. The van der Waals surface area contributed by atoms with Gasteiger partial charge in [-0.25, -0.2) is 12.7 Å². The molecule has 0 bridgehead atoms. The Labute approximate surface area is 132 Å². The van der Waals surface area contributed by atoms with Gasteiger partial charge in [0.2, 0.25) is 10.0 Å². The smallest absolute Gasteiger partial charge is 0.253 e. The molecule has 1 saturated heterocycles. The van der Waals surface area contributed by atoms with Crippen molar-refractivity contribution in [2.24, 2.45) is 0 Å². The van der Waals surface area contributed by atoms with E-state index >= 15 is 0 Å². The molecule has 7 heteroatoms. The van der Waals surface area contributed by atoms with Crippen molar-refractivity contribution in [3.8, 4) is 0 Å². The zero-order valence-corrected chi connectivity index (χ0v) is 14.1. The van der Waals surface area contributed by atoms with Gasteiger partial charge in [0, 0.05) is 38.8 Å². The molecule has 0 radical (unpaired) electrons. The Morgan fingerprint density at radius 2 is 2.09 bits per heavy atom. The fourth-order valence-electron chi connectivity index (χ4n) is 2.58. The first kappa shape index (κ1) is 16.9. The first-order valence-corrected chi connectivity index (χ1v) is 8.79. The van der Waals surface area contributed by atoms with Crippen LogP contribution in [0.3, 0.4) is 0 Å². The number of nitrogens with zero attached hydrogens (tertiary/aromatic N) is 2. The summed E-state index contributed by atoms with van der Waals surface area (Å²) in [5.74, 6) is -0.115. The van der Waals surface area contributed by atoms with Crippen LogP contribution < -0.4 is 5.32 Å². The third kappa shape index (κ3) is 3.48. The number of carbonyl (C=O) groups excluding carboxylic acids is 1. The molecule has 22 heavy (non-hydrogen) atoms. The third-order valence-electron chi connectivity index (χ3n) is 3.98. The monoisotopic (exact) mass is 325 g/mol. The first-order valence-electron chi connectivity index (χ1n) is 7.35. The Morgan fingerprint density at radius 3 is 2.73 bits per heavy atom. The van der Waals surface area contributed by atoms with Crippen molar-refractivity contribution in [1.82, 2.24) is 14.5 Å². The minimum atomic E-state index is -3.53. The number of piperidine rings is 1. The van der Waals surface area contributed by atoms with Crippen LogP contribution in [0.4, 0.5) is 0 Å². The molecular formula is C15H23N3O3S. The standard InChI is InChI=1S/C15H23N3O3S/c1-16-13-7-5-9-18(11-13)15(19)12-6-4-8-14(10-12)22(20,21)17(2)3/h4,6,8,10,13,16H,5,7,9,11H2,1-3H3. The quantitative estimate of drug-likeness (QED) is 0.887. The summed E-state index contributed by atoms with van der Waals surface area (Å²) in [4.78, 5) is 14.5. The van der Waals surface area contributed by atoms with Crippen LogP contribution in [0.2, 0.25) is 0 Å². The van der Waals surface area contributed by atoms with Crippen molar-refractivity contribution in [2.75, 3.05) is 34.2 Å². The Bertz CT molecular complexity index is 643. The fourth-order valence-corrected chi connectivity index (χ4v) is 3.53. The molecule has 0 aliphatic carbocycles. The van der Waals surface area contributed by atoms with E-state index in [1.807, 2.05) is 7.05 Å². The van der Waals surface area contributed by atoms with Gasteiger partial charge in [0.25, 0.3) is 5.91 Å². The highest BCUT2D eigenvalue weighted by molar-refractivity contribution is 7.89. The summed E-state index contributed by atoms with van der Waals surface area (Å²) >= 11 is 0. The minimum absolute atomic E-state index is 0.115. The lowest BCUT2D eigenvalue weighted by Gasteiger charge is -2.32. The number of amides is 1. The molecule has 1 fully saturated rings. The summed E-state index contributed by atoms with van der Waals surface area (Å²) in [6.45, 7) is 1.36. The van der Waals surface area contributed by atoms with Gasteiger partial charge in [-0.15, -0.1) is 0 Å². The second-order valence-electron chi connectivity index (χ2n) is 5.69. The van der Waals surface area contributed by atoms with Crippen molar-refractivity contribution in [3.05, 3.63) is 29.8 Å². The van der Waals surface area contributed by atoms with E-state index in [1.165, 1.54) is 26.2 Å². The molecule has 1 unspecified atom stereocenters. The van der Waals surface area contributed by atoms with Crippen LogP contribution in [0, 0.1) is 0 Å². The van der Waals surface area contributed by atoms with Crippen LogP contribution >= 0.6 is 0 Å². The van der Waals surface area contributed by atoms with Gasteiger partial charge in [0.15, 0.2) is 0 Å². The summed E-state index contributed by atoms with van der Waals surface area (Å²) in [5.41, 5.74) is 0.416. The van der Waals surface area contributed by atoms with Gasteiger partial charge in [0.1, 0.15) is 0 Å². The Hall–Kier alpha value is -1.44. The average molecular weight is 325 g/mol. The summed E-state index contributed by atoms with van der Waals surface area (Å²) in [6.07, 6.45) is 2.00. The highest BCUT2D eigenvalue weighted by Crippen LogP contribution is 2.18. The van der Waals surface area contributed by atoms with E-state index in [1.54, 1.807) is 17.0 Å². The van der Waals surface area contributed by atoms with Crippen molar-refractivity contribution in [1.29, 1.82) is 0 Å². The Kier molecular flexibility index (Phi) is 5.20. The van der Waals surface area contributed by atoms with Crippen LogP contribution in [-0.2, 0) is 10.0 Å². The number of carbonyl (C=O) groups is 1. The van der Waals surface area contributed by atoms with E-state index in [0.717, 1.165) is 17.1 Å². The van der Waals surface area contributed by atoms with Crippen LogP contribution in [0.15, 0.2) is 29.2 Å². The Balaban J connectivity index is 2.24. The van der Waals surface area contributed by atoms with Crippen molar-refractivity contribution >= 4 is 15.9 Å². The summed E-state index contributed by atoms with van der Waals surface area (Å²) in [7, 11) is 1.32. The van der Waals surface area contributed by atoms with Crippen molar-refractivity contribution < 1.29 is 13.2 Å². The number of nitrogens with one attached hydrogen (secondary N) is 1. The molecule has 1 atom stereocenters. The second kappa shape index (κ2) is 6.76. The number of rotatable bonds is 4. The highest BCUT2D eigenvalue weighted by Gasteiger charge is 2.25. The van der Waals surface area contributed by atoms with Crippen LogP contribution in [-0.4, -0.2) is 63.8 Å². The molecule has 1 aliphatic heterocycles. The molecule has 1 aliphatic rings. The predicted molar refractivity (Wildman–Crippen MR) is 85.3 cm³/mol. The summed E-state index contributed by atoms with van der Waals surface area (Å²) < 4.78 is 25.5. The van der Waals surface area contributed by atoms with Gasteiger partial charge in [-0.3, -0.25) is 4.79 Å². The molecular weight excluding hydrogens is 302 g/mol. The lowest BCUT2D eigenvalue weighted by molar-refractivity contribution is 0.0698. The topological polar surface area (TPSA) is 69.7 Å². The van der Waals surface area contributed by atoms with E-state index < -0.39 is 10.0 Å². The number of benzene rings is 1. The number of sulfonamides is 1. The summed E-state index contributed by atoms with van der Waals surface area (Å²) in [5, 5.41) is 3.19. The predicted octanol–water partition coefficient (Wildman–Crippen LogP) is 0.761. The lowest BCUT2D eigenvalue weighted by atomic mass is 10.0. The lowest BCUT2D eigenvalue weighted by Crippen LogP contribution is -2.47. The Morgan fingerprint density at radius 1 is 1.36 bits per heavy atom. The van der Waals surface area contributed by atoms with Crippen LogP contribution in [0.5, 0.6) is 0 Å². The van der Waals surface area contributed by atoms with Crippen LogP contribution in [0.1, 0.15) is 23.2 Å². The zero-order valence-electron chi connectivity index (χ0n) is 13.2. The van der Waals surface area contributed by atoms with Crippen molar-refractivity contribution in [3.63, 3.8) is 0 Å². The zero-order chi connectivity index (χ0) is 16.3. The molecule has 122 valence electrons. The largest absolute Gasteiger partial charge is 0.337 e. The molecule has 1 amide bonds.